The van der Waals surface area contributed by atoms with Crippen LogP contribution in [0.2, 0.25) is 0 Å². The molecule has 0 aliphatic rings. The summed E-state index contributed by atoms with van der Waals surface area (Å²) in [4.78, 5) is 38.3. The van der Waals surface area contributed by atoms with Crippen molar-refractivity contribution in [3.8, 4) is 17.1 Å². The Kier molecular flexibility index (Phi) is 4.86. The number of nitrogens with zero attached hydrogens (tertiary/aromatic N) is 3. The average Bonchev–Trinajstić information content (AvgIpc) is 3.35. The third-order valence-electron chi connectivity index (χ3n) is 4.58. The number of amides is 1. The van der Waals surface area contributed by atoms with Gasteiger partial charge >= 0.3 is 0 Å². The van der Waals surface area contributed by atoms with Crippen molar-refractivity contribution >= 4 is 22.6 Å². The molecular weight excluding hydrogens is 370 g/mol. The van der Waals surface area contributed by atoms with E-state index in [0.29, 0.717) is 30.2 Å². The number of nitrogens with one attached hydrogen (secondary N) is 4. The second kappa shape index (κ2) is 7.63. The molecule has 1 amide bonds. The van der Waals surface area contributed by atoms with Crippen molar-refractivity contribution < 1.29 is 4.79 Å². The zero-order valence-corrected chi connectivity index (χ0v) is 16.1. The first-order valence-corrected chi connectivity index (χ1v) is 9.22. The summed E-state index contributed by atoms with van der Waals surface area (Å²) in [5.41, 5.74) is 4.40. The van der Waals surface area contributed by atoms with E-state index in [1.165, 1.54) is 6.92 Å². The van der Waals surface area contributed by atoms with Gasteiger partial charge in [-0.1, -0.05) is 0 Å². The zero-order chi connectivity index (χ0) is 20.4. The Hall–Kier alpha value is -3.88. The first-order chi connectivity index (χ1) is 14.0. The molecule has 29 heavy (non-hydrogen) atoms. The number of carbonyl (C=O) groups is 1. The number of hydrogen-bond donors (Lipinski definition) is 4. The molecule has 0 fully saturated rings. The number of imidazole rings is 2. The lowest BCUT2D eigenvalue weighted by molar-refractivity contribution is -0.118. The topological polar surface area (TPSA) is 120 Å². The summed E-state index contributed by atoms with van der Waals surface area (Å²) < 4.78 is 1.91. The number of fused-ring (bicyclic) bond motifs is 1. The van der Waals surface area contributed by atoms with Gasteiger partial charge in [-0.3, -0.25) is 9.59 Å². The molecule has 0 saturated heterocycles. The molecule has 4 aromatic rings. The minimum Gasteiger partial charge on any atom is -0.382 e. The maximum atomic E-state index is 12.6. The molecule has 0 aliphatic heterocycles. The smallest absolute Gasteiger partial charge is 0.261 e. The molecule has 0 unspecified atom stereocenters. The van der Waals surface area contributed by atoms with E-state index in [-0.39, 0.29) is 11.5 Å². The fourth-order valence-corrected chi connectivity index (χ4v) is 3.25. The highest BCUT2D eigenvalue weighted by Crippen LogP contribution is 2.27. The average molecular weight is 391 g/mol. The number of aryl methyl sites for hydroxylation is 1. The Morgan fingerprint density at radius 3 is 2.90 bits per heavy atom. The number of carbonyl (C=O) groups excluding carboxylic acids is 1. The van der Waals surface area contributed by atoms with Crippen LogP contribution in [0.3, 0.4) is 0 Å². The van der Waals surface area contributed by atoms with Gasteiger partial charge in [0.1, 0.15) is 11.4 Å². The van der Waals surface area contributed by atoms with E-state index in [0.717, 1.165) is 22.3 Å². The normalized spacial score (nSPS) is 11.0. The molecule has 3 heterocycles. The number of benzene rings is 1. The van der Waals surface area contributed by atoms with Crippen LogP contribution in [-0.2, 0) is 4.79 Å². The Morgan fingerprint density at radius 1 is 1.28 bits per heavy atom. The summed E-state index contributed by atoms with van der Waals surface area (Å²) in [5.74, 6) is 0.383. The lowest BCUT2D eigenvalue weighted by Gasteiger charge is -2.09. The molecule has 0 aliphatic carbocycles. The highest BCUT2D eigenvalue weighted by atomic mass is 16.1. The zero-order valence-electron chi connectivity index (χ0n) is 16.1. The molecule has 9 nitrogen and oxygen atoms in total. The van der Waals surface area contributed by atoms with Gasteiger partial charge in [0.2, 0.25) is 5.91 Å². The minimum atomic E-state index is -0.249. The lowest BCUT2D eigenvalue weighted by Crippen LogP contribution is -2.26. The minimum absolute atomic E-state index is 0.0978. The molecule has 0 spiro atoms. The van der Waals surface area contributed by atoms with Crippen LogP contribution in [0, 0.1) is 6.92 Å². The lowest BCUT2D eigenvalue weighted by atomic mass is 10.2. The van der Waals surface area contributed by atoms with Crippen LogP contribution in [0.1, 0.15) is 12.5 Å². The molecule has 4 N–H and O–H groups in total. The number of pyridine rings is 1. The summed E-state index contributed by atoms with van der Waals surface area (Å²) in [7, 11) is 0. The van der Waals surface area contributed by atoms with Crippen molar-refractivity contribution in [3.05, 3.63) is 59.0 Å². The van der Waals surface area contributed by atoms with Crippen LogP contribution in [0.5, 0.6) is 0 Å². The molecule has 9 heteroatoms. The van der Waals surface area contributed by atoms with Crippen molar-refractivity contribution in [3.63, 3.8) is 0 Å². The quantitative estimate of drug-likeness (QED) is 0.375. The van der Waals surface area contributed by atoms with Gasteiger partial charge in [-0.25, -0.2) is 9.97 Å². The second-order valence-corrected chi connectivity index (χ2v) is 6.72. The number of H-pyrrole nitrogens is 2. The van der Waals surface area contributed by atoms with Crippen LogP contribution in [0.25, 0.3) is 28.1 Å². The van der Waals surface area contributed by atoms with Gasteiger partial charge in [0.05, 0.1) is 23.0 Å². The van der Waals surface area contributed by atoms with E-state index in [2.05, 4.69) is 30.6 Å². The van der Waals surface area contributed by atoms with Gasteiger partial charge in [0.25, 0.3) is 5.56 Å². The molecule has 148 valence electrons. The number of aromatic nitrogens is 5. The largest absolute Gasteiger partial charge is 0.382 e. The molecule has 3 aromatic heterocycles. The SMILES string of the molecule is CC(=O)NCCNc1cc[nH]c(=O)c1-c1nc2c(C)cc(-n3ccnc3)cc2[nH]1. The summed E-state index contributed by atoms with van der Waals surface area (Å²) >= 11 is 0. The molecular formula is C20H21N7O2. The Balaban J connectivity index is 1.72. The molecule has 0 bridgehead atoms. The van der Waals surface area contributed by atoms with Gasteiger partial charge < -0.3 is 25.2 Å². The number of aromatic amines is 2. The summed E-state index contributed by atoms with van der Waals surface area (Å²) in [6.45, 7) is 4.39. The fourth-order valence-electron chi connectivity index (χ4n) is 3.25. The molecule has 4 rings (SSSR count). The van der Waals surface area contributed by atoms with E-state index < -0.39 is 0 Å². The van der Waals surface area contributed by atoms with E-state index in [9.17, 15) is 9.59 Å². The molecule has 1 aromatic carbocycles. The first kappa shape index (κ1) is 18.5. The highest BCUT2D eigenvalue weighted by Gasteiger charge is 2.16. The van der Waals surface area contributed by atoms with Gasteiger partial charge in [0.15, 0.2) is 0 Å². The monoisotopic (exact) mass is 391 g/mol. The predicted molar refractivity (Wildman–Crippen MR) is 111 cm³/mol. The summed E-state index contributed by atoms with van der Waals surface area (Å²) in [6.07, 6.45) is 6.91. The first-order valence-electron chi connectivity index (χ1n) is 9.22. The van der Waals surface area contributed by atoms with Crippen molar-refractivity contribution in [2.45, 2.75) is 13.8 Å². The Bertz CT molecular complexity index is 1220. The molecule has 0 atom stereocenters. The van der Waals surface area contributed by atoms with Crippen LogP contribution in [0.4, 0.5) is 5.69 Å². The van der Waals surface area contributed by atoms with Crippen molar-refractivity contribution in [1.82, 2.24) is 29.8 Å². The van der Waals surface area contributed by atoms with E-state index >= 15 is 0 Å². The van der Waals surface area contributed by atoms with Crippen molar-refractivity contribution in [2.24, 2.45) is 0 Å². The number of anilines is 1. The summed E-state index contributed by atoms with van der Waals surface area (Å²) in [6, 6.07) is 5.78. The van der Waals surface area contributed by atoms with E-state index in [4.69, 9.17) is 0 Å². The van der Waals surface area contributed by atoms with Crippen molar-refractivity contribution in [2.75, 3.05) is 18.4 Å². The van der Waals surface area contributed by atoms with Gasteiger partial charge in [-0.05, 0) is 30.7 Å². The van der Waals surface area contributed by atoms with Crippen LogP contribution >= 0.6 is 0 Å². The van der Waals surface area contributed by atoms with Gasteiger partial charge in [-0.15, -0.1) is 0 Å². The van der Waals surface area contributed by atoms with Gasteiger partial charge in [-0.2, -0.15) is 0 Å². The third-order valence-corrected chi connectivity index (χ3v) is 4.58. The number of hydrogen-bond acceptors (Lipinski definition) is 5. The van der Waals surface area contributed by atoms with Crippen LogP contribution < -0.4 is 16.2 Å². The third kappa shape index (κ3) is 3.75. The fraction of sp³-hybridized carbons (Fsp3) is 0.200. The standard InChI is InChI=1S/C20H21N7O2/c1-12-9-14(27-8-7-21-11-27)10-16-18(12)26-19(25-16)17-15(3-4-24-20(17)29)23-6-5-22-13(2)28/h3-4,7-11H,5-6H2,1-2H3,(H,22,28)(H,25,26)(H2,23,24,29). The van der Waals surface area contributed by atoms with Gasteiger partial charge in [0, 0.05) is 44.3 Å². The number of rotatable bonds is 6. The predicted octanol–water partition coefficient (Wildman–Crippen LogP) is 1.96. The molecule has 0 saturated carbocycles. The maximum absolute atomic E-state index is 12.6. The van der Waals surface area contributed by atoms with Crippen LogP contribution in [0.15, 0.2) is 47.9 Å². The highest BCUT2D eigenvalue weighted by molar-refractivity contribution is 5.86. The van der Waals surface area contributed by atoms with Crippen molar-refractivity contribution in [1.29, 1.82) is 0 Å². The maximum Gasteiger partial charge on any atom is 0.261 e. The van der Waals surface area contributed by atoms with E-state index in [1.807, 2.05) is 29.8 Å². The summed E-state index contributed by atoms with van der Waals surface area (Å²) in [5, 5.41) is 5.91. The van der Waals surface area contributed by atoms with Crippen LogP contribution in [-0.4, -0.2) is 43.5 Å². The van der Waals surface area contributed by atoms with E-state index in [1.54, 1.807) is 24.8 Å². The Labute approximate surface area is 166 Å². The second-order valence-electron chi connectivity index (χ2n) is 6.72. The Morgan fingerprint density at radius 2 is 2.14 bits per heavy atom. The molecule has 0 radical (unpaired) electrons.